The van der Waals surface area contributed by atoms with Crippen LogP contribution in [0, 0.1) is 20.8 Å². The molecule has 0 aliphatic carbocycles. The zero-order valence-electron chi connectivity index (χ0n) is 14.1. The third-order valence-electron chi connectivity index (χ3n) is 4.61. The lowest BCUT2D eigenvalue weighted by molar-refractivity contribution is 0.102. The number of nitrogens with zero attached hydrogens (tertiary/aromatic N) is 1. The first-order valence-electron chi connectivity index (χ1n) is 7.99. The summed E-state index contributed by atoms with van der Waals surface area (Å²) in [5.41, 5.74) is 6.31. The van der Waals surface area contributed by atoms with Gasteiger partial charge in [-0.2, -0.15) is 0 Å². The standard InChI is InChI=1S/C20H22N2O/c1-5-22-15(4)14(3)17-12-16(10-11-19(17)22)20(23)21-18-9-7-6-8-13(18)2/h6-12H,5H2,1-4H3,(H,21,23). The molecular formula is C20H22N2O. The Morgan fingerprint density at radius 1 is 1.09 bits per heavy atom. The Hall–Kier alpha value is -2.55. The maximum atomic E-state index is 12.6. The average molecular weight is 306 g/mol. The van der Waals surface area contributed by atoms with Crippen molar-refractivity contribution >= 4 is 22.5 Å². The van der Waals surface area contributed by atoms with Gasteiger partial charge < -0.3 is 9.88 Å². The van der Waals surface area contributed by atoms with Crippen LogP contribution in [0.25, 0.3) is 10.9 Å². The summed E-state index contributed by atoms with van der Waals surface area (Å²) in [5, 5.41) is 4.15. The van der Waals surface area contributed by atoms with Crippen LogP contribution in [0.1, 0.15) is 34.1 Å². The smallest absolute Gasteiger partial charge is 0.255 e. The van der Waals surface area contributed by atoms with Crippen LogP contribution in [0.4, 0.5) is 5.69 Å². The summed E-state index contributed by atoms with van der Waals surface area (Å²) in [6.07, 6.45) is 0. The molecule has 118 valence electrons. The molecule has 0 fully saturated rings. The van der Waals surface area contributed by atoms with Gasteiger partial charge in [0.15, 0.2) is 0 Å². The van der Waals surface area contributed by atoms with E-state index in [1.807, 2.05) is 49.4 Å². The molecular weight excluding hydrogens is 284 g/mol. The number of nitrogens with one attached hydrogen (secondary N) is 1. The third kappa shape index (κ3) is 2.63. The number of hydrogen-bond donors (Lipinski definition) is 1. The Balaban J connectivity index is 1.99. The van der Waals surface area contributed by atoms with Crippen molar-refractivity contribution in [3.8, 4) is 0 Å². The molecule has 0 aliphatic heterocycles. The zero-order chi connectivity index (χ0) is 16.6. The van der Waals surface area contributed by atoms with Crippen molar-refractivity contribution in [1.29, 1.82) is 0 Å². The lowest BCUT2D eigenvalue weighted by Crippen LogP contribution is -2.12. The number of rotatable bonds is 3. The predicted molar refractivity (Wildman–Crippen MR) is 96.2 cm³/mol. The Kier molecular flexibility index (Phi) is 3.95. The summed E-state index contributed by atoms with van der Waals surface area (Å²) in [6.45, 7) is 9.32. The lowest BCUT2D eigenvalue weighted by atomic mass is 10.1. The maximum absolute atomic E-state index is 12.6. The molecule has 1 amide bonds. The van der Waals surface area contributed by atoms with Gasteiger partial charge in [0.1, 0.15) is 0 Å². The second-order valence-corrected chi connectivity index (χ2v) is 5.96. The summed E-state index contributed by atoms with van der Waals surface area (Å²) in [6, 6.07) is 13.8. The van der Waals surface area contributed by atoms with Gasteiger partial charge in [0.2, 0.25) is 0 Å². The first-order valence-corrected chi connectivity index (χ1v) is 7.99. The molecule has 3 nitrogen and oxygen atoms in total. The van der Waals surface area contributed by atoms with E-state index >= 15 is 0 Å². The molecule has 0 unspecified atom stereocenters. The Bertz CT molecular complexity index is 890. The number of fused-ring (bicyclic) bond motifs is 1. The van der Waals surface area contributed by atoms with E-state index in [4.69, 9.17) is 0 Å². The highest BCUT2D eigenvalue weighted by Crippen LogP contribution is 2.26. The molecule has 0 radical (unpaired) electrons. The molecule has 0 saturated heterocycles. The minimum atomic E-state index is -0.0671. The van der Waals surface area contributed by atoms with Crippen molar-refractivity contribution < 1.29 is 4.79 Å². The van der Waals surface area contributed by atoms with Crippen molar-refractivity contribution in [1.82, 2.24) is 4.57 Å². The molecule has 0 atom stereocenters. The van der Waals surface area contributed by atoms with E-state index in [0.717, 1.165) is 23.2 Å². The molecule has 1 aromatic heterocycles. The van der Waals surface area contributed by atoms with E-state index in [-0.39, 0.29) is 5.91 Å². The topological polar surface area (TPSA) is 34.0 Å². The molecule has 23 heavy (non-hydrogen) atoms. The molecule has 2 aromatic carbocycles. The number of carbonyl (C=O) groups excluding carboxylic acids is 1. The number of benzene rings is 2. The second kappa shape index (κ2) is 5.92. The summed E-state index contributed by atoms with van der Waals surface area (Å²) < 4.78 is 2.29. The Morgan fingerprint density at radius 2 is 1.83 bits per heavy atom. The molecule has 3 heteroatoms. The molecule has 0 saturated carbocycles. The monoisotopic (exact) mass is 306 g/mol. The van der Waals surface area contributed by atoms with Crippen LogP contribution in [0.15, 0.2) is 42.5 Å². The predicted octanol–water partition coefficient (Wildman–Crippen LogP) is 4.84. The summed E-state index contributed by atoms with van der Waals surface area (Å²) in [5.74, 6) is -0.0671. The zero-order valence-corrected chi connectivity index (χ0v) is 14.1. The van der Waals surface area contributed by atoms with Gasteiger partial charge in [-0.15, -0.1) is 0 Å². The minimum Gasteiger partial charge on any atom is -0.345 e. The number of aromatic nitrogens is 1. The minimum absolute atomic E-state index is 0.0671. The van der Waals surface area contributed by atoms with Crippen molar-refractivity contribution in [3.05, 3.63) is 64.8 Å². The summed E-state index contributed by atoms with van der Waals surface area (Å²) in [7, 11) is 0. The van der Waals surface area contributed by atoms with E-state index in [0.29, 0.717) is 5.56 Å². The first-order chi connectivity index (χ1) is 11.0. The highest BCUT2D eigenvalue weighted by Gasteiger charge is 2.13. The number of anilines is 1. The van der Waals surface area contributed by atoms with E-state index in [2.05, 4.69) is 30.7 Å². The first kappa shape index (κ1) is 15.3. The third-order valence-corrected chi connectivity index (χ3v) is 4.61. The van der Waals surface area contributed by atoms with Crippen molar-refractivity contribution in [3.63, 3.8) is 0 Å². The van der Waals surface area contributed by atoms with Gasteiger partial charge >= 0.3 is 0 Å². The van der Waals surface area contributed by atoms with E-state index in [1.165, 1.54) is 16.8 Å². The molecule has 3 aromatic rings. The van der Waals surface area contributed by atoms with Crippen LogP contribution in [0.3, 0.4) is 0 Å². The molecule has 0 bridgehead atoms. The summed E-state index contributed by atoms with van der Waals surface area (Å²) >= 11 is 0. The van der Waals surface area contributed by atoms with Crippen LogP contribution in [-0.2, 0) is 6.54 Å². The van der Waals surface area contributed by atoms with Crippen LogP contribution in [-0.4, -0.2) is 10.5 Å². The van der Waals surface area contributed by atoms with Gasteiger partial charge in [-0.1, -0.05) is 18.2 Å². The Labute approximate surface area is 136 Å². The second-order valence-electron chi connectivity index (χ2n) is 5.96. The average Bonchev–Trinajstić information content (AvgIpc) is 2.80. The highest BCUT2D eigenvalue weighted by molar-refractivity contribution is 6.07. The van der Waals surface area contributed by atoms with Gasteiger partial charge in [0.25, 0.3) is 5.91 Å². The van der Waals surface area contributed by atoms with Gasteiger partial charge in [-0.05, 0) is 63.1 Å². The SMILES string of the molecule is CCn1c(C)c(C)c2cc(C(=O)Nc3ccccc3C)ccc21. The van der Waals surface area contributed by atoms with Crippen molar-refractivity contribution in [2.45, 2.75) is 34.2 Å². The van der Waals surface area contributed by atoms with E-state index in [1.54, 1.807) is 0 Å². The number of carbonyl (C=O) groups is 1. The molecule has 3 rings (SSSR count). The maximum Gasteiger partial charge on any atom is 0.255 e. The molecule has 1 heterocycles. The molecule has 1 N–H and O–H groups in total. The fourth-order valence-corrected chi connectivity index (χ4v) is 3.11. The largest absolute Gasteiger partial charge is 0.345 e. The molecule has 0 aliphatic rings. The van der Waals surface area contributed by atoms with E-state index < -0.39 is 0 Å². The van der Waals surface area contributed by atoms with Crippen LogP contribution in [0.2, 0.25) is 0 Å². The van der Waals surface area contributed by atoms with Gasteiger partial charge in [-0.3, -0.25) is 4.79 Å². The van der Waals surface area contributed by atoms with Gasteiger partial charge in [0, 0.05) is 34.4 Å². The van der Waals surface area contributed by atoms with Gasteiger partial charge in [-0.25, -0.2) is 0 Å². The normalized spacial score (nSPS) is 11.0. The highest BCUT2D eigenvalue weighted by atomic mass is 16.1. The quantitative estimate of drug-likeness (QED) is 0.738. The number of amides is 1. The molecule has 0 spiro atoms. The van der Waals surface area contributed by atoms with Gasteiger partial charge in [0.05, 0.1) is 0 Å². The number of para-hydroxylation sites is 1. The van der Waals surface area contributed by atoms with Crippen molar-refractivity contribution in [2.75, 3.05) is 5.32 Å². The summed E-state index contributed by atoms with van der Waals surface area (Å²) in [4.78, 5) is 12.6. The van der Waals surface area contributed by atoms with E-state index in [9.17, 15) is 4.79 Å². The number of hydrogen-bond acceptors (Lipinski definition) is 1. The Morgan fingerprint density at radius 3 is 2.52 bits per heavy atom. The fraction of sp³-hybridized carbons (Fsp3) is 0.250. The fourth-order valence-electron chi connectivity index (χ4n) is 3.11. The lowest BCUT2D eigenvalue weighted by Gasteiger charge is -2.09. The number of aryl methyl sites for hydroxylation is 3. The van der Waals surface area contributed by atoms with Crippen molar-refractivity contribution in [2.24, 2.45) is 0 Å². The van der Waals surface area contributed by atoms with Crippen LogP contribution in [0.5, 0.6) is 0 Å². The van der Waals surface area contributed by atoms with Crippen LogP contribution >= 0.6 is 0 Å². The van der Waals surface area contributed by atoms with Crippen LogP contribution < -0.4 is 5.32 Å².